The van der Waals surface area contributed by atoms with E-state index in [4.69, 9.17) is 9.47 Å². The third-order valence-electron chi connectivity index (χ3n) is 4.26. The summed E-state index contributed by atoms with van der Waals surface area (Å²) in [5.41, 5.74) is 1.41. The summed E-state index contributed by atoms with van der Waals surface area (Å²) in [6.45, 7) is 4.36. The fourth-order valence-corrected chi connectivity index (χ4v) is 3.70. The number of ether oxygens (including phenoxy) is 2. The van der Waals surface area contributed by atoms with Gasteiger partial charge in [-0.05, 0) is 29.7 Å². The fourth-order valence-electron chi connectivity index (χ4n) is 2.84. The average Bonchev–Trinajstić information content (AvgIpc) is 2.68. The summed E-state index contributed by atoms with van der Waals surface area (Å²) in [5.74, 6) is 1.05. The van der Waals surface area contributed by atoms with Crippen molar-refractivity contribution < 1.29 is 22.7 Å². The summed E-state index contributed by atoms with van der Waals surface area (Å²) < 4.78 is 36.5. The topological polar surface area (TPSA) is 84.9 Å². The first-order valence-electron chi connectivity index (χ1n) is 9.33. The van der Waals surface area contributed by atoms with Gasteiger partial charge in [0, 0.05) is 0 Å². The zero-order valence-corrected chi connectivity index (χ0v) is 18.0. The lowest BCUT2D eigenvalue weighted by molar-refractivity contribution is -0.119. The first kappa shape index (κ1) is 22.5. The van der Waals surface area contributed by atoms with E-state index in [1.54, 1.807) is 24.3 Å². The van der Waals surface area contributed by atoms with Gasteiger partial charge in [-0.15, -0.1) is 0 Å². The lowest BCUT2D eigenvalue weighted by atomic mass is 10.0. The number of sulfonamides is 1. The number of para-hydroxylation sites is 3. The van der Waals surface area contributed by atoms with Crippen LogP contribution in [0.2, 0.25) is 0 Å². The van der Waals surface area contributed by atoms with E-state index in [9.17, 15) is 13.2 Å². The number of nitrogens with zero attached hydrogens (tertiary/aromatic N) is 1. The number of hydrogen-bond acceptors (Lipinski definition) is 5. The van der Waals surface area contributed by atoms with Crippen LogP contribution in [0.25, 0.3) is 0 Å². The Morgan fingerprint density at radius 3 is 2.31 bits per heavy atom. The van der Waals surface area contributed by atoms with Crippen LogP contribution in [0.15, 0.2) is 48.5 Å². The third kappa shape index (κ3) is 6.39. The van der Waals surface area contributed by atoms with E-state index >= 15 is 0 Å². The van der Waals surface area contributed by atoms with Crippen molar-refractivity contribution in [1.82, 2.24) is 5.32 Å². The van der Waals surface area contributed by atoms with E-state index in [0.29, 0.717) is 17.4 Å². The number of hydrogen-bond donors (Lipinski definition) is 1. The molecule has 0 aromatic heterocycles. The third-order valence-corrected chi connectivity index (χ3v) is 5.39. The SMILES string of the molecule is COc1ccccc1N(CC(=O)NCCOc1ccccc1C(C)C)S(C)(=O)=O. The maximum atomic E-state index is 12.3. The van der Waals surface area contributed by atoms with E-state index in [-0.39, 0.29) is 19.7 Å². The molecule has 0 saturated carbocycles. The van der Waals surface area contributed by atoms with Gasteiger partial charge in [0.2, 0.25) is 15.9 Å². The largest absolute Gasteiger partial charge is 0.495 e. The highest BCUT2D eigenvalue weighted by Gasteiger charge is 2.23. The molecule has 0 aliphatic rings. The molecule has 158 valence electrons. The van der Waals surface area contributed by atoms with Crippen LogP contribution in [0.1, 0.15) is 25.3 Å². The summed E-state index contributed by atoms with van der Waals surface area (Å²) in [5, 5.41) is 2.70. The Bertz CT molecular complexity index is 928. The molecule has 0 unspecified atom stereocenters. The highest BCUT2D eigenvalue weighted by atomic mass is 32.2. The number of rotatable bonds is 10. The number of carbonyl (C=O) groups is 1. The molecule has 0 aliphatic carbocycles. The van der Waals surface area contributed by atoms with Crippen LogP contribution in [0.3, 0.4) is 0 Å². The Morgan fingerprint density at radius 2 is 1.69 bits per heavy atom. The van der Waals surface area contributed by atoms with Gasteiger partial charge in [0.25, 0.3) is 0 Å². The average molecular weight is 421 g/mol. The standard InChI is InChI=1S/C21H28N2O5S/c1-16(2)17-9-5-7-11-19(17)28-14-13-22-21(24)15-23(29(4,25)26)18-10-6-8-12-20(18)27-3/h5-12,16H,13-15H2,1-4H3,(H,22,24). The van der Waals surface area contributed by atoms with Crippen LogP contribution < -0.4 is 19.1 Å². The van der Waals surface area contributed by atoms with Gasteiger partial charge >= 0.3 is 0 Å². The molecule has 0 atom stereocenters. The number of methoxy groups -OCH3 is 1. The molecule has 1 N–H and O–H groups in total. The lowest BCUT2D eigenvalue weighted by Crippen LogP contribution is -2.41. The van der Waals surface area contributed by atoms with E-state index in [1.165, 1.54) is 7.11 Å². The van der Waals surface area contributed by atoms with Crippen molar-refractivity contribution in [3.05, 3.63) is 54.1 Å². The van der Waals surface area contributed by atoms with Crippen molar-refractivity contribution in [3.63, 3.8) is 0 Å². The van der Waals surface area contributed by atoms with Gasteiger partial charge in [-0.1, -0.05) is 44.2 Å². The second-order valence-corrected chi connectivity index (χ2v) is 8.74. The molecule has 0 radical (unpaired) electrons. The van der Waals surface area contributed by atoms with E-state index in [1.807, 2.05) is 24.3 Å². The molecule has 2 rings (SSSR count). The zero-order valence-electron chi connectivity index (χ0n) is 17.2. The Labute approximate surface area is 172 Å². The monoisotopic (exact) mass is 420 g/mol. The minimum atomic E-state index is -3.67. The zero-order chi connectivity index (χ0) is 21.4. The van der Waals surface area contributed by atoms with Gasteiger partial charge in [-0.3, -0.25) is 9.10 Å². The molecule has 7 nitrogen and oxygen atoms in total. The number of amides is 1. The van der Waals surface area contributed by atoms with Crippen LogP contribution in [0.4, 0.5) is 5.69 Å². The number of nitrogens with one attached hydrogen (secondary N) is 1. The van der Waals surface area contributed by atoms with Gasteiger partial charge in [-0.25, -0.2) is 8.42 Å². The van der Waals surface area contributed by atoms with E-state index in [0.717, 1.165) is 21.9 Å². The Hall–Kier alpha value is -2.74. The minimum Gasteiger partial charge on any atom is -0.495 e. The molecule has 0 fully saturated rings. The van der Waals surface area contributed by atoms with Crippen LogP contribution >= 0.6 is 0 Å². The van der Waals surface area contributed by atoms with Crippen LogP contribution in [0.5, 0.6) is 11.5 Å². The van der Waals surface area contributed by atoms with E-state index in [2.05, 4.69) is 19.2 Å². The van der Waals surface area contributed by atoms with Crippen molar-refractivity contribution in [1.29, 1.82) is 0 Å². The molecule has 0 spiro atoms. The van der Waals surface area contributed by atoms with Crippen molar-refractivity contribution in [3.8, 4) is 11.5 Å². The summed E-state index contributed by atoms with van der Waals surface area (Å²) >= 11 is 0. The Balaban J connectivity index is 1.96. The molecule has 1 amide bonds. The molecule has 0 bridgehead atoms. The van der Waals surface area contributed by atoms with Crippen LogP contribution in [0, 0.1) is 0 Å². The fraction of sp³-hybridized carbons (Fsp3) is 0.381. The molecule has 0 aliphatic heterocycles. The van der Waals surface area contributed by atoms with E-state index < -0.39 is 15.9 Å². The smallest absolute Gasteiger partial charge is 0.240 e. The molecule has 2 aromatic carbocycles. The molecule has 2 aromatic rings. The van der Waals surface area contributed by atoms with Gasteiger partial charge in [-0.2, -0.15) is 0 Å². The molecule has 8 heteroatoms. The van der Waals surface area contributed by atoms with Crippen molar-refractivity contribution in [2.24, 2.45) is 0 Å². The second-order valence-electron chi connectivity index (χ2n) is 6.83. The molecular formula is C21H28N2O5S. The van der Waals surface area contributed by atoms with Gasteiger partial charge < -0.3 is 14.8 Å². The summed E-state index contributed by atoms with van der Waals surface area (Å²) in [6.07, 6.45) is 1.05. The Kier molecular flexibility index (Phi) is 7.90. The number of benzene rings is 2. The highest BCUT2D eigenvalue weighted by Crippen LogP contribution is 2.29. The predicted molar refractivity (Wildman–Crippen MR) is 114 cm³/mol. The summed E-state index contributed by atoms with van der Waals surface area (Å²) in [4.78, 5) is 12.3. The number of anilines is 1. The van der Waals surface area contributed by atoms with Gasteiger partial charge in [0.05, 0.1) is 25.6 Å². The lowest BCUT2D eigenvalue weighted by Gasteiger charge is -2.23. The molecule has 29 heavy (non-hydrogen) atoms. The summed E-state index contributed by atoms with van der Waals surface area (Å²) in [7, 11) is -2.22. The summed E-state index contributed by atoms with van der Waals surface area (Å²) in [6, 6.07) is 14.4. The number of carbonyl (C=O) groups excluding carboxylic acids is 1. The quantitative estimate of drug-likeness (QED) is 0.598. The second kappa shape index (κ2) is 10.2. The highest BCUT2D eigenvalue weighted by molar-refractivity contribution is 7.92. The normalized spacial score (nSPS) is 11.2. The molecule has 0 heterocycles. The van der Waals surface area contributed by atoms with Crippen LogP contribution in [-0.4, -0.2) is 47.4 Å². The maximum absolute atomic E-state index is 12.3. The van der Waals surface area contributed by atoms with Gasteiger partial charge in [0.15, 0.2) is 0 Å². The molecular weight excluding hydrogens is 392 g/mol. The predicted octanol–water partition coefficient (Wildman–Crippen LogP) is 2.78. The van der Waals surface area contributed by atoms with Crippen LogP contribution in [-0.2, 0) is 14.8 Å². The molecule has 0 saturated heterocycles. The first-order valence-corrected chi connectivity index (χ1v) is 11.2. The first-order chi connectivity index (χ1) is 13.7. The van der Waals surface area contributed by atoms with Crippen molar-refractivity contribution in [2.75, 3.05) is 37.4 Å². The minimum absolute atomic E-state index is 0.259. The van der Waals surface area contributed by atoms with Crippen molar-refractivity contribution >= 4 is 21.6 Å². The van der Waals surface area contributed by atoms with Crippen molar-refractivity contribution in [2.45, 2.75) is 19.8 Å². The van der Waals surface area contributed by atoms with Gasteiger partial charge in [0.1, 0.15) is 24.7 Å². The Morgan fingerprint density at radius 1 is 1.07 bits per heavy atom. The maximum Gasteiger partial charge on any atom is 0.240 e.